The highest BCUT2D eigenvalue weighted by atomic mass is 15.1. The largest absolute Gasteiger partial charge is 0.360 e. The van der Waals surface area contributed by atoms with Crippen LogP contribution >= 0.6 is 0 Å². The zero-order valence-electron chi connectivity index (χ0n) is 26.7. The smallest absolute Gasteiger partial charge is 0.145 e. The fraction of sp³-hybridized carbons (Fsp3) is 0.0217. The van der Waals surface area contributed by atoms with Gasteiger partial charge in [-0.2, -0.15) is 0 Å². The van der Waals surface area contributed by atoms with Gasteiger partial charge in [-0.1, -0.05) is 140 Å². The van der Waals surface area contributed by atoms with Crippen LogP contribution in [0, 0.1) is 0 Å². The quantitative estimate of drug-likeness (QED) is 0.207. The fourth-order valence-electron chi connectivity index (χ4n) is 7.64. The lowest BCUT2D eigenvalue weighted by molar-refractivity contribution is 0.664. The summed E-state index contributed by atoms with van der Waals surface area (Å²) in [6.45, 7) is 0. The van der Waals surface area contributed by atoms with Gasteiger partial charge in [0.15, 0.2) is 0 Å². The predicted molar refractivity (Wildman–Crippen MR) is 207 cm³/mol. The van der Waals surface area contributed by atoms with Crippen LogP contribution in [-0.2, 0) is 0 Å². The molecule has 0 spiro atoms. The van der Waals surface area contributed by atoms with Crippen LogP contribution in [0.15, 0.2) is 181 Å². The van der Waals surface area contributed by atoms with Crippen molar-refractivity contribution in [1.82, 2.24) is 9.88 Å². The monoisotopic (exact) mass is 625 g/mol. The maximum absolute atomic E-state index is 5.24. The van der Waals surface area contributed by atoms with E-state index in [0.29, 0.717) is 0 Å². The van der Waals surface area contributed by atoms with E-state index < -0.39 is 0 Å². The van der Waals surface area contributed by atoms with Gasteiger partial charge in [0.25, 0.3) is 0 Å². The standard InChI is InChI=1S/C46H31N3/c1-2-14-33(15-3-1)46-47-40(29-41(48-46)36-22-21-30-11-4-5-16-34(30)27-36)35-17-10-18-37(28-35)49-42-25-23-31-12-6-8-19-38(31)44(42)45-39-20-9-7-13-32(39)24-26-43(45)49/h1-29,46-47H. The molecule has 3 nitrogen and oxygen atoms in total. The third kappa shape index (κ3) is 4.55. The Morgan fingerprint density at radius 3 is 1.80 bits per heavy atom. The van der Waals surface area contributed by atoms with Crippen molar-refractivity contribution >= 4 is 65.5 Å². The Kier molecular flexibility index (Phi) is 6.25. The third-order valence-corrected chi connectivity index (χ3v) is 9.96. The lowest BCUT2D eigenvalue weighted by Crippen LogP contribution is -2.24. The first-order valence-electron chi connectivity index (χ1n) is 16.8. The van der Waals surface area contributed by atoms with E-state index in [1.54, 1.807) is 0 Å². The van der Waals surface area contributed by atoms with Crippen LogP contribution in [0.2, 0.25) is 0 Å². The molecule has 0 fully saturated rings. The number of rotatable bonds is 4. The van der Waals surface area contributed by atoms with E-state index in [0.717, 1.165) is 33.8 Å². The molecule has 1 atom stereocenters. The zero-order valence-corrected chi connectivity index (χ0v) is 26.7. The van der Waals surface area contributed by atoms with E-state index in [1.807, 2.05) is 0 Å². The van der Waals surface area contributed by atoms with Crippen molar-refractivity contribution in [2.24, 2.45) is 4.99 Å². The van der Waals surface area contributed by atoms with Crippen LogP contribution in [0.5, 0.6) is 0 Å². The summed E-state index contributed by atoms with van der Waals surface area (Å²) in [6.07, 6.45) is 1.99. The van der Waals surface area contributed by atoms with Gasteiger partial charge in [0.2, 0.25) is 0 Å². The lowest BCUT2D eigenvalue weighted by Gasteiger charge is -2.25. The Hall–Kier alpha value is -6.45. The summed E-state index contributed by atoms with van der Waals surface area (Å²) >= 11 is 0. The average molecular weight is 626 g/mol. The second kappa shape index (κ2) is 11.1. The van der Waals surface area contributed by atoms with Crippen molar-refractivity contribution in [2.45, 2.75) is 6.17 Å². The minimum atomic E-state index is -0.211. The molecule has 1 aliphatic rings. The second-order valence-corrected chi connectivity index (χ2v) is 12.8. The number of hydrogen-bond acceptors (Lipinski definition) is 2. The van der Waals surface area contributed by atoms with Crippen LogP contribution in [0.3, 0.4) is 0 Å². The predicted octanol–water partition coefficient (Wildman–Crippen LogP) is 11.4. The van der Waals surface area contributed by atoms with Gasteiger partial charge in [-0.3, -0.25) is 4.99 Å². The topological polar surface area (TPSA) is 29.3 Å². The summed E-state index contributed by atoms with van der Waals surface area (Å²) in [5, 5.41) is 13.8. The molecule has 1 aliphatic heterocycles. The molecule has 2 heterocycles. The van der Waals surface area contributed by atoms with Crippen LogP contribution in [0.25, 0.3) is 65.5 Å². The van der Waals surface area contributed by atoms with Gasteiger partial charge in [-0.05, 0) is 79.9 Å². The Morgan fingerprint density at radius 2 is 1.08 bits per heavy atom. The Bertz CT molecular complexity index is 2710. The fourth-order valence-corrected chi connectivity index (χ4v) is 7.64. The molecule has 1 N–H and O–H groups in total. The molecule has 3 heteroatoms. The van der Waals surface area contributed by atoms with Crippen molar-refractivity contribution in [2.75, 3.05) is 0 Å². The summed E-state index contributed by atoms with van der Waals surface area (Å²) < 4.78 is 2.43. The molecule has 10 rings (SSSR count). The van der Waals surface area contributed by atoms with Crippen molar-refractivity contribution in [3.05, 3.63) is 193 Å². The molecule has 8 aromatic carbocycles. The highest BCUT2D eigenvalue weighted by Gasteiger charge is 2.21. The van der Waals surface area contributed by atoms with E-state index in [-0.39, 0.29) is 6.17 Å². The van der Waals surface area contributed by atoms with E-state index in [4.69, 9.17) is 4.99 Å². The summed E-state index contributed by atoms with van der Waals surface area (Å²) in [4.78, 5) is 5.24. The summed E-state index contributed by atoms with van der Waals surface area (Å²) in [6, 6.07) is 61.1. The number of fused-ring (bicyclic) bond motifs is 8. The molecule has 0 saturated heterocycles. The maximum Gasteiger partial charge on any atom is 0.145 e. The number of aliphatic imine (C=N–C) groups is 1. The molecule has 230 valence electrons. The number of nitrogens with zero attached hydrogens (tertiary/aromatic N) is 2. The molecule has 1 aromatic heterocycles. The average Bonchev–Trinajstić information content (AvgIpc) is 3.53. The Balaban J connectivity index is 1.17. The number of nitrogens with one attached hydrogen (secondary N) is 1. The van der Waals surface area contributed by atoms with Crippen LogP contribution in [0.1, 0.15) is 22.9 Å². The molecule has 0 radical (unpaired) electrons. The van der Waals surface area contributed by atoms with Gasteiger partial charge in [0, 0.05) is 27.7 Å². The molecule has 0 bridgehead atoms. The van der Waals surface area contributed by atoms with Crippen molar-refractivity contribution < 1.29 is 0 Å². The van der Waals surface area contributed by atoms with Crippen LogP contribution in [0.4, 0.5) is 0 Å². The van der Waals surface area contributed by atoms with Gasteiger partial charge in [0.05, 0.1) is 16.7 Å². The van der Waals surface area contributed by atoms with Crippen LogP contribution < -0.4 is 5.32 Å². The van der Waals surface area contributed by atoms with Gasteiger partial charge >= 0.3 is 0 Å². The number of benzene rings is 8. The van der Waals surface area contributed by atoms with Gasteiger partial charge in [0.1, 0.15) is 6.17 Å². The van der Waals surface area contributed by atoms with Gasteiger partial charge in [-0.25, -0.2) is 0 Å². The molecule has 1 unspecified atom stereocenters. The van der Waals surface area contributed by atoms with Gasteiger partial charge in [-0.15, -0.1) is 0 Å². The maximum atomic E-state index is 5.24. The minimum Gasteiger partial charge on any atom is -0.360 e. The molecule has 0 aliphatic carbocycles. The first kappa shape index (κ1) is 27.6. The second-order valence-electron chi connectivity index (χ2n) is 12.8. The number of aromatic nitrogens is 1. The van der Waals surface area contributed by atoms with E-state index in [2.05, 4.69) is 186 Å². The lowest BCUT2D eigenvalue weighted by atomic mass is 9.99. The van der Waals surface area contributed by atoms with Crippen molar-refractivity contribution in [1.29, 1.82) is 0 Å². The normalized spacial score (nSPS) is 14.7. The first-order valence-corrected chi connectivity index (χ1v) is 16.8. The zero-order chi connectivity index (χ0) is 32.3. The highest BCUT2D eigenvalue weighted by Crippen LogP contribution is 2.41. The summed E-state index contributed by atoms with van der Waals surface area (Å²) in [5.41, 5.74) is 8.89. The number of allylic oxidation sites excluding steroid dienone is 1. The van der Waals surface area contributed by atoms with Crippen molar-refractivity contribution in [3.8, 4) is 5.69 Å². The first-order chi connectivity index (χ1) is 24.3. The third-order valence-electron chi connectivity index (χ3n) is 9.96. The highest BCUT2D eigenvalue weighted by molar-refractivity contribution is 6.28. The summed E-state index contributed by atoms with van der Waals surface area (Å²) in [5.74, 6) is 0. The molecule has 0 saturated carbocycles. The molecule has 49 heavy (non-hydrogen) atoms. The van der Waals surface area contributed by atoms with E-state index in [9.17, 15) is 0 Å². The Morgan fingerprint density at radius 1 is 0.469 bits per heavy atom. The molecule has 9 aromatic rings. The van der Waals surface area contributed by atoms with Crippen LogP contribution in [-0.4, -0.2) is 10.3 Å². The minimum absolute atomic E-state index is 0.211. The SMILES string of the molecule is C1=C(c2cccc(-n3c4ccc5ccccc5c4c4c5ccccc5ccc43)c2)NC(c2ccccc2)N=C1c1ccc2ccccc2c1. The van der Waals surface area contributed by atoms with Gasteiger partial charge < -0.3 is 9.88 Å². The molecule has 0 amide bonds. The van der Waals surface area contributed by atoms with E-state index in [1.165, 1.54) is 54.1 Å². The summed E-state index contributed by atoms with van der Waals surface area (Å²) in [7, 11) is 0. The molecular formula is C46H31N3. The Labute approximate surface area is 284 Å². The van der Waals surface area contributed by atoms with Crippen molar-refractivity contribution in [3.63, 3.8) is 0 Å². The number of hydrogen-bond donors (Lipinski definition) is 1. The van der Waals surface area contributed by atoms with E-state index >= 15 is 0 Å². The molecular weight excluding hydrogens is 595 g/mol.